The van der Waals surface area contributed by atoms with Gasteiger partial charge in [0.2, 0.25) is 15.9 Å². The van der Waals surface area contributed by atoms with E-state index in [0.717, 1.165) is 11.1 Å². The number of carbonyl (C=O) groups excluding carboxylic acids is 1. The minimum Gasteiger partial charge on any atom is -0.302 e. The van der Waals surface area contributed by atoms with Gasteiger partial charge in [-0.05, 0) is 30.5 Å². The average molecular weight is 396 g/mol. The topological polar surface area (TPSA) is 79.4 Å². The Balaban J connectivity index is 1.66. The molecule has 0 saturated heterocycles. The summed E-state index contributed by atoms with van der Waals surface area (Å²) in [6.07, 6.45) is 7.79. The van der Waals surface area contributed by atoms with Crippen molar-refractivity contribution in [1.29, 1.82) is 0 Å². The van der Waals surface area contributed by atoms with Crippen LogP contribution in [0, 0.1) is 5.92 Å². The summed E-state index contributed by atoms with van der Waals surface area (Å²) in [7, 11) is -0.470. The molecule has 6 nitrogen and oxygen atoms in total. The Hall–Kier alpha value is -1.51. The number of anilines is 1. The summed E-state index contributed by atoms with van der Waals surface area (Å²) in [5.41, 5.74) is 0.690. The van der Waals surface area contributed by atoms with Crippen LogP contribution < -0.4 is 5.32 Å². The van der Waals surface area contributed by atoms with Crippen molar-refractivity contribution in [2.24, 2.45) is 5.92 Å². The number of carbonyl (C=O) groups is 1. The van der Waals surface area contributed by atoms with Crippen LogP contribution in [0.3, 0.4) is 0 Å². The molecular formula is C18H25N3O3S2. The first-order valence-corrected chi connectivity index (χ1v) is 11.2. The van der Waals surface area contributed by atoms with E-state index in [1.807, 2.05) is 0 Å². The van der Waals surface area contributed by atoms with E-state index in [1.54, 1.807) is 18.2 Å². The molecule has 3 rings (SSSR count). The molecule has 1 aliphatic rings. The zero-order chi connectivity index (χ0) is 18.7. The van der Waals surface area contributed by atoms with Gasteiger partial charge < -0.3 is 5.32 Å². The van der Waals surface area contributed by atoms with E-state index in [2.05, 4.69) is 10.3 Å². The molecule has 2 aromatic rings. The maximum absolute atomic E-state index is 12.2. The highest BCUT2D eigenvalue weighted by Gasteiger charge is 2.19. The molecular weight excluding hydrogens is 370 g/mol. The van der Waals surface area contributed by atoms with Gasteiger partial charge in [0.05, 0.1) is 15.1 Å². The maximum Gasteiger partial charge on any atom is 0.242 e. The van der Waals surface area contributed by atoms with E-state index in [1.165, 1.54) is 61.8 Å². The third-order valence-electron chi connectivity index (χ3n) is 4.89. The highest BCUT2D eigenvalue weighted by Crippen LogP contribution is 2.30. The molecule has 1 aliphatic carbocycles. The highest BCUT2D eigenvalue weighted by atomic mass is 32.2. The Labute approximate surface area is 158 Å². The predicted octanol–water partition coefficient (Wildman–Crippen LogP) is 3.85. The van der Waals surface area contributed by atoms with E-state index in [0.29, 0.717) is 23.0 Å². The number of thiazole rings is 1. The van der Waals surface area contributed by atoms with E-state index >= 15 is 0 Å². The average Bonchev–Trinajstić information content (AvgIpc) is 3.02. The lowest BCUT2D eigenvalue weighted by molar-refractivity contribution is -0.116. The molecule has 1 aromatic carbocycles. The normalized spacial score (nSPS) is 16.3. The minimum absolute atomic E-state index is 0.0178. The molecule has 142 valence electrons. The van der Waals surface area contributed by atoms with E-state index in [9.17, 15) is 13.2 Å². The van der Waals surface area contributed by atoms with Gasteiger partial charge in [0, 0.05) is 20.5 Å². The van der Waals surface area contributed by atoms with Crippen molar-refractivity contribution in [2.75, 3.05) is 19.4 Å². The SMILES string of the molecule is CN(C)S(=O)(=O)c1ccc2nc(NC(=O)CCC3CCCCC3)sc2c1. The van der Waals surface area contributed by atoms with Gasteiger partial charge in [-0.1, -0.05) is 43.4 Å². The number of rotatable bonds is 6. The van der Waals surface area contributed by atoms with Crippen LogP contribution in [-0.2, 0) is 14.8 Å². The number of benzene rings is 1. The highest BCUT2D eigenvalue weighted by molar-refractivity contribution is 7.89. The van der Waals surface area contributed by atoms with Gasteiger partial charge in [-0.25, -0.2) is 17.7 Å². The van der Waals surface area contributed by atoms with Gasteiger partial charge in [0.15, 0.2) is 5.13 Å². The number of nitrogens with one attached hydrogen (secondary N) is 1. The molecule has 26 heavy (non-hydrogen) atoms. The van der Waals surface area contributed by atoms with Crippen LogP contribution >= 0.6 is 11.3 Å². The molecule has 1 amide bonds. The number of aromatic nitrogens is 1. The zero-order valence-electron chi connectivity index (χ0n) is 15.2. The maximum atomic E-state index is 12.2. The van der Waals surface area contributed by atoms with Gasteiger partial charge in [0.25, 0.3) is 0 Å². The molecule has 1 heterocycles. The van der Waals surface area contributed by atoms with Crippen molar-refractivity contribution in [2.45, 2.75) is 49.8 Å². The van der Waals surface area contributed by atoms with Crippen molar-refractivity contribution in [3.63, 3.8) is 0 Å². The van der Waals surface area contributed by atoms with Crippen LogP contribution in [0.4, 0.5) is 5.13 Å². The largest absolute Gasteiger partial charge is 0.302 e. The van der Waals surface area contributed by atoms with E-state index in [-0.39, 0.29) is 10.8 Å². The molecule has 1 saturated carbocycles. The van der Waals surface area contributed by atoms with E-state index < -0.39 is 10.0 Å². The number of fused-ring (bicyclic) bond motifs is 1. The van der Waals surface area contributed by atoms with Crippen molar-refractivity contribution in [3.05, 3.63) is 18.2 Å². The summed E-state index contributed by atoms with van der Waals surface area (Å²) in [5, 5.41) is 3.38. The predicted molar refractivity (Wildman–Crippen MR) is 105 cm³/mol. The van der Waals surface area contributed by atoms with Crippen LogP contribution in [0.25, 0.3) is 10.2 Å². The third kappa shape index (κ3) is 4.42. The molecule has 1 N–H and O–H groups in total. The lowest BCUT2D eigenvalue weighted by atomic mass is 9.86. The minimum atomic E-state index is -3.48. The summed E-state index contributed by atoms with van der Waals surface area (Å²) >= 11 is 1.30. The fourth-order valence-electron chi connectivity index (χ4n) is 3.32. The first kappa shape index (κ1) is 19.3. The third-order valence-corrected chi connectivity index (χ3v) is 7.63. The molecule has 1 aromatic heterocycles. The van der Waals surface area contributed by atoms with E-state index in [4.69, 9.17) is 0 Å². The van der Waals surface area contributed by atoms with Gasteiger partial charge in [-0.15, -0.1) is 0 Å². The second-order valence-corrected chi connectivity index (χ2v) is 10.2. The first-order chi connectivity index (χ1) is 12.4. The summed E-state index contributed by atoms with van der Waals surface area (Å²) in [6, 6.07) is 4.84. The summed E-state index contributed by atoms with van der Waals surface area (Å²) in [4.78, 5) is 16.8. The standard InChI is InChI=1S/C18H25N3O3S2/c1-21(2)26(23,24)14-9-10-15-16(12-14)25-18(19-15)20-17(22)11-8-13-6-4-3-5-7-13/h9-10,12-13H,3-8,11H2,1-2H3,(H,19,20,22). The smallest absolute Gasteiger partial charge is 0.242 e. The molecule has 0 bridgehead atoms. The van der Waals surface area contributed by atoms with Crippen LogP contribution in [0.5, 0.6) is 0 Å². The van der Waals surface area contributed by atoms with Gasteiger partial charge >= 0.3 is 0 Å². The zero-order valence-corrected chi connectivity index (χ0v) is 16.8. The number of nitrogens with zero attached hydrogens (tertiary/aromatic N) is 2. The fraction of sp³-hybridized carbons (Fsp3) is 0.556. The monoisotopic (exact) mass is 395 g/mol. The van der Waals surface area contributed by atoms with Crippen molar-refractivity contribution in [3.8, 4) is 0 Å². The second kappa shape index (κ2) is 8.02. The van der Waals surface area contributed by atoms with Gasteiger partial charge in [-0.3, -0.25) is 4.79 Å². The Morgan fingerprint density at radius 1 is 1.27 bits per heavy atom. The van der Waals surface area contributed by atoms with Crippen LogP contribution in [0.1, 0.15) is 44.9 Å². The van der Waals surface area contributed by atoms with Gasteiger partial charge in [0.1, 0.15) is 0 Å². The molecule has 0 unspecified atom stereocenters. The van der Waals surface area contributed by atoms with Crippen molar-refractivity contribution >= 4 is 42.6 Å². The van der Waals surface area contributed by atoms with Crippen molar-refractivity contribution < 1.29 is 13.2 Å². The summed E-state index contributed by atoms with van der Waals surface area (Å²) in [5.74, 6) is 0.652. The van der Waals surface area contributed by atoms with Crippen LogP contribution in [0.15, 0.2) is 23.1 Å². The number of hydrogen-bond acceptors (Lipinski definition) is 5. The molecule has 0 atom stereocenters. The second-order valence-electron chi connectivity index (χ2n) is 7.03. The Morgan fingerprint density at radius 3 is 2.69 bits per heavy atom. The Morgan fingerprint density at radius 2 is 2.00 bits per heavy atom. The Bertz CT molecular complexity index is 884. The molecule has 0 aliphatic heterocycles. The summed E-state index contributed by atoms with van der Waals surface area (Å²) in [6.45, 7) is 0. The first-order valence-electron chi connectivity index (χ1n) is 8.99. The lowest BCUT2D eigenvalue weighted by Gasteiger charge is -2.20. The lowest BCUT2D eigenvalue weighted by Crippen LogP contribution is -2.22. The number of amides is 1. The molecule has 0 radical (unpaired) electrons. The molecule has 8 heteroatoms. The summed E-state index contributed by atoms with van der Waals surface area (Å²) < 4.78 is 26.4. The fourth-order valence-corrected chi connectivity index (χ4v) is 5.25. The van der Waals surface area contributed by atoms with Crippen molar-refractivity contribution in [1.82, 2.24) is 9.29 Å². The number of hydrogen-bond donors (Lipinski definition) is 1. The van der Waals surface area contributed by atoms with Crippen LogP contribution in [-0.4, -0.2) is 37.7 Å². The van der Waals surface area contributed by atoms with Gasteiger partial charge in [-0.2, -0.15) is 0 Å². The molecule has 1 fully saturated rings. The molecule has 0 spiro atoms. The Kier molecular flexibility index (Phi) is 5.94. The quantitative estimate of drug-likeness (QED) is 0.806. The number of sulfonamides is 1. The van der Waals surface area contributed by atoms with Crippen LogP contribution in [0.2, 0.25) is 0 Å².